The van der Waals surface area contributed by atoms with Crippen molar-refractivity contribution in [2.24, 2.45) is 0 Å². The Morgan fingerprint density at radius 3 is 2.64 bits per heavy atom. The largest absolute Gasteiger partial charge is 0.464 e. The molecule has 0 bridgehead atoms. The lowest BCUT2D eigenvalue weighted by Crippen LogP contribution is -2.48. The van der Waals surface area contributed by atoms with Crippen molar-refractivity contribution < 1.29 is 19.0 Å². The summed E-state index contributed by atoms with van der Waals surface area (Å²) >= 11 is 0. The van der Waals surface area contributed by atoms with E-state index in [9.17, 15) is 9.90 Å². The molecule has 0 spiro atoms. The number of hydrogen-bond donors (Lipinski definition) is 1. The maximum atomic E-state index is 12.7. The molecule has 0 aliphatic carbocycles. The van der Waals surface area contributed by atoms with E-state index >= 15 is 0 Å². The van der Waals surface area contributed by atoms with Crippen molar-refractivity contribution in [2.45, 2.75) is 71.4 Å². The van der Waals surface area contributed by atoms with Crippen molar-refractivity contribution >= 4 is 11.0 Å². The van der Waals surface area contributed by atoms with Gasteiger partial charge in [0, 0.05) is 11.8 Å². The van der Waals surface area contributed by atoms with Crippen molar-refractivity contribution in [3.05, 3.63) is 39.7 Å². The molecule has 25 heavy (non-hydrogen) atoms. The summed E-state index contributed by atoms with van der Waals surface area (Å²) in [4.78, 5) is 12.7. The molecule has 1 unspecified atom stereocenters. The van der Waals surface area contributed by atoms with E-state index in [0.29, 0.717) is 23.3 Å². The van der Waals surface area contributed by atoms with E-state index in [1.165, 1.54) is 0 Å². The van der Waals surface area contributed by atoms with Gasteiger partial charge in [-0.2, -0.15) is 0 Å². The molecular formula is C20H26O5. The van der Waals surface area contributed by atoms with E-state index in [-0.39, 0.29) is 0 Å². The van der Waals surface area contributed by atoms with Crippen molar-refractivity contribution in [3.8, 4) is 5.75 Å². The molecule has 0 amide bonds. The first-order chi connectivity index (χ1) is 11.5. The molecule has 136 valence electrons. The summed E-state index contributed by atoms with van der Waals surface area (Å²) in [6.45, 7) is 11.3. The Hall–Kier alpha value is -1.85. The summed E-state index contributed by atoms with van der Waals surface area (Å²) in [6.07, 6.45) is -0.945. The number of aliphatic hydroxyl groups is 1. The average molecular weight is 346 g/mol. The maximum Gasteiger partial charge on any atom is 0.343 e. The van der Waals surface area contributed by atoms with Crippen LogP contribution in [0.4, 0.5) is 0 Å². The minimum atomic E-state index is -0.819. The normalized spacial score (nSPS) is 24.7. The van der Waals surface area contributed by atoms with Crippen LogP contribution in [0.5, 0.6) is 5.75 Å². The number of aryl methyl sites for hydroxylation is 1. The van der Waals surface area contributed by atoms with Gasteiger partial charge >= 0.3 is 5.63 Å². The Kier molecular flexibility index (Phi) is 4.20. The van der Waals surface area contributed by atoms with Crippen molar-refractivity contribution in [3.63, 3.8) is 0 Å². The van der Waals surface area contributed by atoms with Gasteiger partial charge in [0.2, 0.25) is 6.29 Å². The molecule has 3 rings (SSSR count). The molecule has 1 aromatic carbocycles. The Bertz CT molecular complexity index is 859. The minimum Gasteiger partial charge on any atom is -0.464 e. The minimum absolute atomic E-state index is 0.372. The van der Waals surface area contributed by atoms with E-state index in [1.54, 1.807) is 13.0 Å². The second-order valence-corrected chi connectivity index (χ2v) is 8.12. The highest BCUT2D eigenvalue weighted by Gasteiger charge is 2.46. The van der Waals surface area contributed by atoms with Crippen LogP contribution in [0.1, 0.15) is 52.2 Å². The van der Waals surface area contributed by atoms with Gasteiger partial charge in [-0.1, -0.05) is 19.1 Å². The number of rotatable bonds is 2. The third-order valence-electron chi connectivity index (χ3n) is 4.91. The van der Waals surface area contributed by atoms with Crippen molar-refractivity contribution in [1.29, 1.82) is 0 Å². The number of ether oxygens (including phenoxy) is 2. The summed E-state index contributed by atoms with van der Waals surface area (Å²) in [6, 6.07) is 5.54. The topological polar surface area (TPSA) is 68.9 Å². The second kappa shape index (κ2) is 5.85. The van der Waals surface area contributed by atoms with Crippen LogP contribution in [0.25, 0.3) is 11.0 Å². The van der Waals surface area contributed by atoms with Crippen LogP contribution in [0, 0.1) is 6.92 Å². The van der Waals surface area contributed by atoms with Crippen molar-refractivity contribution in [2.75, 3.05) is 0 Å². The smallest absolute Gasteiger partial charge is 0.343 e. The molecule has 0 fully saturated rings. The van der Waals surface area contributed by atoms with Crippen LogP contribution >= 0.6 is 0 Å². The lowest BCUT2D eigenvalue weighted by atomic mass is 9.73. The summed E-state index contributed by atoms with van der Waals surface area (Å²) < 4.78 is 17.7. The summed E-state index contributed by atoms with van der Waals surface area (Å²) in [5, 5.41) is 11.2. The molecule has 2 heterocycles. The average Bonchev–Trinajstić information content (AvgIpc) is 2.44. The molecule has 3 atom stereocenters. The maximum absolute atomic E-state index is 12.7. The van der Waals surface area contributed by atoms with Crippen LogP contribution in [-0.2, 0) is 10.2 Å². The molecule has 1 N–H and O–H groups in total. The Morgan fingerprint density at radius 1 is 1.36 bits per heavy atom. The van der Waals surface area contributed by atoms with Gasteiger partial charge < -0.3 is 19.0 Å². The molecule has 0 saturated carbocycles. The first kappa shape index (κ1) is 18.0. The zero-order chi connectivity index (χ0) is 18.6. The lowest BCUT2D eigenvalue weighted by molar-refractivity contribution is -0.173. The summed E-state index contributed by atoms with van der Waals surface area (Å²) in [7, 11) is 0. The van der Waals surface area contributed by atoms with Crippen LogP contribution in [0.3, 0.4) is 0 Å². The molecule has 0 saturated heterocycles. The fraction of sp³-hybridized carbons (Fsp3) is 0.550. The SMILES string of the molecule is Cc1cccc2oc(=O)c3c(c12)O[C@H](OC(C)(C)C)C[C@]3(C)C(C)O. The van der Waals surface area contributed by atoms with Gasteiger partial charge in [-0.3, -0.25) is 0 Å². The summed E-state index contributed by atoms with van der Waals surface area (Å²) in [5.41, 5.74) is 0.117. The number of benzene rings is 1. The van der Waals surface area contributed by atoms with Gasteiger partial charge in [0.1, 0.15) is 11.3 Å². The van der Waals surface area contributed by atoms with Crippen LogP contribution in [-0.4, -0.2) is 23.1 Å². The molecule has 1 aliphatic rings. The Morgan fingerprint density at radius 2 is 2.04 bits per heavy atom. The van der Waals surface area contributed by atoms with Gasteiger partial charge in [0.15, 0.2) is 0 Å². The van der Waals surface area contributed by atoms with Gasteiger partial charge in [0.05, 0.1) is 22.7 Å². The second-order valence-electron chi connectivity index (χ2n) is 8.12. The molecule has 5 nitrogen and oxygen atoms in total. The van der Waals surface area contributed by atoms with E-state index in [1.807, 2.05) is 46.8 Å². The Labute approximate surface area is 147 Å². The predicted octanol–water partition coefficient (Wildman–Crippen LogP) is 3.66. The standard InChI is InChI=1S/C20H26O5/c1-11-8-7-9-13-15(11)17-16(18(22)23-13)20(6,12(2)21)10-14(24-17)25-19(3,4)5/h7-9,12,14,21H,10H2,1-6H3/t12?,14-,20-/m1/s1. The predicted molar refractivity (Wildman–Crippen MR) is 96.1 cm³/mol. The summed E-state index contributed by atoms with van der Waals surface area (Å²) in [5.74, 6) is 0.466. The highest BCUT2D eigenvalue weighted by Crippen LogP contribution is 2.46. The zero-order valence-corrected chi connectivity index (χ0v) is 15.7. The molecule has 1 aromatic heterocycles. The molecule has 5 heteroatoms. The monoisotopic (exact) mass is 346 g/mol. The van der Waals surface area contributed by atoms with Gasteiger partial charge in [-0.15, -0.1) is 0 Å². The molecule has 1 aliphatic heterocycles. The molecule has 2 aromatic rings. The van der Waals surface area contributed by atoms with Crippen LogP contribution in [0.15, 0.2) is 27.4 Å². The van der Waals surface area contributed by atoms with E-state index in [4.69, 9.17) is 13.9 Å². The lowest BCUT2D eigenvalue weighted by Gasteiger charge is -2.42. The molecule has 0 radical (unpaired) electrons. The quantitative estimate of drug-likeness (QED) is 0.841. The zero-order valence-electron chi connectivity index (χ0n) is 15.7. The first-order valence-electron chi connectivity index (χ1n) is 8.62. The highest BCUT2D eigenvalue weighted by atomic mass is 16.7. The van der Waals surface area contributed by atoms with Crippen LogP contribution in [0.2, 0.25) is 0 Å². The highest BCUT2D eigenvalue weighted by molar-refractivity contribution is 5.88. The fourth-order valence-electron chi connectivity index (χ4n) is 3.46. The van der Waals surface area contributed by atoms with Gasteiger partial charge in [-0.05, 0) is 46.2 Å². The van der Waals surface area contributed by atoms with E-state index in [0.717, 1.165) is 10.9 Å². The molecular weight excluding hydrogens is 320 g/mol. The third-order valence-corrected chi connectivity index (χ3v) is 4.91. The third kappa shape index (κ3) is 3.07. The van der Waals surface area contributed by atoms with Gasteiger partial charge in [-0.25, -0.2) is 4.79 Å². The first-order valence-corrected chi connectivity index (χ1v) is 8.62. The van der Waals surface area contributed by atoms with E-state index in [2.05, 4.69) is 0 Å². The number of aliphatic hydroxyl groups excluding tert-OH is 1. The number of hydrogen-bond acceptors (Lipinski definition) is 5. The number of fused-ring (bicyclic) bond motifs is 3. The Balaban J connectivity index is 2.29. The van der Waals surface area contributed by atoms with Crippen molar-refractivity contribution in [1.82, 2.24) is 0 Å². The fourth-order valence-corrected chi connectivity index (χ4v) is 3.46. The van der Waals surface area contributed by atoms with E-state index < -0.39 is 29.0 Å². The van der Waals surface area contributed by atoms with Crippen LogP contribution < -0.4 is 10.4 Å². The van der Waals surface area contributed by atoms with Gasteiger partial charge in [0.25, 0.3) is 0 Å².